The molecule has 1 fully saturated rings. The van der Waals surface area contributed by atoms with Gasteiger partial charge in [0.1, 0.15) is 0 Å². The molecular formula is C22H27N3O2S. The summed E-state index contributed by atoms with van der Waals surface area (Å²) in [5.41, 5.74) is 3.04. The molecule has 0 bridgehead atoms. The fraction of sp³-hybridized carbons (Fsp3) is 0.364. The zero-order chi connectivity index (χ0) is 19.9. The summed E-state index contributed by atoms with van der Waals surface area (Å²) in [6.45, 7) is 7.15. The molecule has 1 N–H and O–H groups in total. The number of rotatable bonds is 6. The summed E-state index contributed by atoms with van der Waals surface area (Å²) in [7, 11) is 0. The fourth-order valence-electron chi connectivity index (χ4n) is 3.30. The van der Waals surface area contributed by atoms with Gasteiger partial charge in [0.05, 0.1) is 12.3 Å². The van der Waals surface area contributed by atoms with E-state index in [1.54, 1.807) is 11.8 Å². The Morgan fingerprint density at radius 2 is 1.57 bits per heavy atom. The van der Waals surface area contributed by atoms with Gasteiger partial charge in [-0.3, -0.25) is 14.5 Å². The Kier molecular flexibility index (Phi) is 7.12. The van der Waals surface area contributed by atoms with Crippen molar-refractivity contribution in [3.8, 4) is 0 Å². The minimum atomic E-state index is -0.00295. The van der Waals surface area contributed by atoms with Gasteiger partial charge in [-0.1, -0.05) is 36.4 Å². The number of nitrogens with one attached hydrogen (secondary N) is 1. The number of piperazine rings is 1. The van der Waals surface area contributed by atoms with Gasteiger partial charge in [-0.25, -0.2) is 0 Å². The highest BCUT2D eigenvalue weighted by atomic mass is 32.2. The Balaban J connectivity index is 1.42. The third-order valence-electron chi connectivity index (χ3n) is 4.94. The van der Waals surface area contributed by atoms with Gasteiger partial charge in [0, 0.05) is 36.8 Å². The summed E-state index contributed by atoms with van der Waals surface area (Å²) in [5.74, 6) is 0.613. The number of thioether (sulfide) groups is 1. The molecule has 1 heterocycles. The molecule has 0 unspecified atom stereocenters. The lowest BCUT2D eigenvalue weighted by Gasteiger charge is -2.34. The molecule has 0 aliphatic carbocycles. The maximum Gasteiger partial charge on any atom is 0.238 e. The van der Waals surface area contributed by atoms with Gasteiger partial charge in [0.2, 0.25) is 11.8 Å². The van der Waals surface area contributed by atoms with Gasteiger partial charge in [0.25, 0.3) is 0 Å². The lowest BCUT2D eigenvalue weighted by molar-refractivity contribution is -0.130. The molecule has 0 radical (unpaired) electrons. The number of hydrogen-bond donors (Lipinski definition) is 1. The zero-order valence-electron chi connectivity index (χ0n) is 16.5. The minimum Gasteiger partial charge on any atom is -0.339 e. The SMILES string of the molecule is Cc1cccc(C)c1NC(=O)CN1CCN(C(=O)CSc2ccccc2)CC1. The molecule has 5 nitrogen and oxygen atoms in total. The third-order valence-corrected chi connectivity index (χ3v) is 5.94. The lowest BCUT2D eigenvalue weighted by atomic mass is 10.1. The zero-order valence-corrected chi connectivity index (χ0v) is 17.3. The summed E-state index contributed by atoms with van der Waals surface area (Å²) in [4.78, 5) is 30.0. The number of amides is 2. The van der Waals surface area contributed by atoms with Gasteiger partial charge in [0.15, 0.2) is 0 Å². The van der Waals surface area contributed by atoms with Crippen LogP contribution in [0.3, 0.4) is 0 Å². The van der Waals surface area contributed by atoms with Gasteiger partial charge in [-0.15, -0.1) is 11.8 Å². The van der Waals surface area contributed by atoms with Crippen molar-refractivity contribution in [2.45, 2.75) is 18.7 Å². The highest BCUT2D eigenvalue weighted by Crippen LogP contribution is 2.20. The van der Waals surface area contributed by atoms with Crippen molar-refractivity contribution in [1.29, 1.82) is 0 Å². The molecule has 28 heavy (non-hydrogen) atoms. The Labute approximate surface area is 171 Å². The Morgan fingerprint density at radius 1 is 0.929 bits per heavy atom. The van der Waals surface area contributed by atoms with Crippen LogP contribution in [0.25, 0.3) is 0 Å². The highest BCUT2D eigenvalue weighted by molar-refractivity contribution is 8.00. The van der Waals surface area contributed by atoms with Crippen LogP contribution >= 0.6 is 11.8 Å². The second-order valence-electron chi connectivity index (χ2n) is 7.07. The van der Waals surface area contributed by atoms with Crippen molar-refractivity contribution in [3.63, 3.8) is 0 Å². The molecule has 6 heteroatoms. The van der Waals surface area contributed by atoms with Crippen molar-refractivity contribution in [3.05, 3.63) is 59.7 Å². The number of para-hydroxylation sites is 1. The van der Waals surface area contributed by atoms with E-state index < -0.39 is 0 Å². The predicted molar refractivity (Wildman–Crippen MR) is 115 cm³/mol. The van der Waals surface area contributed by atoms with Crippen LogP contribution < -0.4 is 5.32 Å². The van der Waals surface area contributed by atoms with E-state index in [0.717, 1.165) is 34.8 Å². The van der Waals surface area contributed by atoms with E-state index >= 15 is 0 Å². The van der Waals surface area contributed by atoms with Crippen LogP contribution in [0.2, 0.25) is 0 Å². The number of nitrogens with zero attached hydrogens (tertiary/aromatic N) is 2. The van der Waals surface area contributed by atoms with E-state index in [1.165, 1.54) is 0 Å². The Bertz CT molecular complexity index is 798. The molecular weight excluding hydrogens is 370 g/mol. The summed E-state index contributed by atoms with van der Waals surface area (Å²) in [5, 5.41) is 3.03. The largest absolute Gasteiger partial charge is 0.339 e. The fourth-order valence-corrected chi connectivity index (χ4v) is 4.12. The number of carbonyl (C=O) groups excluding carboxylic acids is 2. The van der Waals surface area contributed by atoms with E-state index in [9.17, 15) is 9.59 Å². The third kappa shape index (κ3) is 5.59. The molecule has 3 rings (SSSR count). The second kappa shape index (κ2) is 9.75. The van der Waals surface area contributed by atoms with Gasteiger partial charge in [-0.2, -0.15) is 0 Å². The van der Waals surface area contributed by atoms with Crippen molar-refractivity contribution in [2.75, 3.05) is 43.8 Å². The maximum absolute atomic E-state index is 12.4. The first kappa shape index (κ1) is 20.4. The van der Waals surface area contributed by atoms with E-state index in [0.29, 0.717) is 25.4 Å². The Morgan fingerprint density at radius 3 is 2.21 bits per heavy atom. The Hall–Kier alpha value is -2.31. The normalized spacial score (nSPS) is 14.7. The van der Waals surface area contributed by atoms with Crippen LogP contribution in [-0.4, -0.2) is 60.1 Å². The minimum absolute atomic E-state index is 0.00295. The van der Waals surface area contributed by atoms with E-state index in [4.69, 9.17) is 0 Å². The van der Waals surface area contributed by atoms with E-state index in [2.05, 4.69) is 10.2 Å². The number of carbonyl (C=O) groups is 2. The molecule has 2 aromatic carbocycles. The summed E-state index contributed by atoms with van der Waals surface area (Å²) in [6.07, 6.45) is 0. The smallest absolute Gasteiger partial charge is 0.238 e. The van der Waals surface area contributed by atoms with Crippen molar-refractivity contribution in [2.24, 2.45) is 0 Å². The van der Waals surface area contributed by atoms with Crippen molar-refractivity contribution >= 4 is 29.3 Å². The number of anilines is 1. The molecule has 0 aromatic heterocycles. The molecule has 0 saturated carbocycles. The molecule has 1 aliphatic rings. The first-order valence-corrected chi connectivity index (χ1v) is 10.6. The molecule has 148 valence electrons. The molecule has 2 aromatic rings. The van der Waals surface area contributed by atoms with E-state index in [1.807, 2.05) is 67.3 Å². The van der Waals surface area contributed by atoms with E-state index in [-0.39, 0.29) is 11.8 Å². The highest BCUT2D eigenvalue weighted by Gasteiger charge is 2.22. The maximum atomic E-state index is 12.4. The standard InChI is InChI=1S/C22H27N3O2S/c1-17-7-6-8-18(2)22(17)23-20(26)15-24-11-13-25(14-12-24)21(27)16-28-19-9-4-3-5-10-19/h3-10H,11-16H2,1-2H3,(H,23,26). The van der Waals surface area contributed by atoms with Crippen LogP contribution in [0.1, 0.15) is 11.1 Å². The number of aryl methyl sites for hydroxylation is 2. The van der Waals surface area contributed by atoms with Crippen molar-refractivity contribution in [1.82, 2.24) is 9.80 Å². The summed E-state index contributed by atoms with van der Waals surface area (Å²) < 4.78 is 0. The quantitative estimate of drug-likeness (QED) is 0.761. The van der Waals surface area contributed by atoms with Gasteiger partial charge in [-0.05, 0) is 37.1 Å². The van der Waals surface area contributed by atoms with Gasteiger partial charge >= 0.3 is 0 Å². The van der Waals surface area contributed by atoms with Crippen LogP contribution in [0.5, 0.6) is 0 Å². The second-order valence-corrected chi connectivity index (χ2v) is 8.12. The first-order chi connectivity index (χ1) is 13.5. The first-order valence-electron chi connectivity index (χ1n) is 9.57. The van der Waals surface area contributed by atoms with Crippen LogP contribution in [0.15, 0.2) is 53.4 Å². The average molecular weight is 398 g/mol. The monoisotopic (exact) mass is 397 g/mol. The summed E-state index contributed by atoms with van der Waals surface area (Å²) >= 11 is 1.57. The lowest BCUT2D eigenvalue weighted by Crippen LogP contribution is -2.50. The molecule has 0 atom stereocenters. The van der Waals surface area contributed by atoms with Crippen LogP contribution in [0, 0.1) is 13.8 Å². The molecule has 1 aliphatic heterocycles. The van der Waals surface area contributed by atoms with Crippen LogP contribution in [0.4, 0.5) is 5.69 Å². The molecule has 0 spiro atoms. The molecule has 2 amide bonds. The molecule has 1 saturated heterocycles. The number of hydrogen-bond acceptors (Lipinski definition) is 4. The summed E-state index contributed by atoms with van der Waals surface area (Å²) in [6, 6.07) is 16.0. The predicted octanol–water partition coefficient (Wildman–Crippen LogP) is 3.18. The van der Waals surface area contributed by atoms with Crippen LogP contribution in [-0.2, 0) is 9.59 Å². The topological polar surface area (TPSA) is 52.7 Å². The number of benzene rings is 2. The van der Waals surface area contributed by atoms with Crippen molar-refractivity contribution < 1.29 is 9.59 Å². The average Bonchev–Trinajstić information content (AvgIpc) is 2.70. The van der Waals surface area contributed by atoms with Gasteiger partial charge < -0.3 is 10.2 Å².